The van der Waals surface area contributed by atoms with Gasteiger partial charge in [-0.3, -0.25) is 4.79 Å². The second-order valence-electron chi connectivity index (χ2n) is 6.74. The van der Waals surface area contributed by atoms with Gasteiger partial charge >= 0.3 is 5.97 Å². The smallest absolute Gasteiger partial charge is 0.335 e. The SMILES string of the molecule is CNc1sc2c(c1C(=O)N[C@@H](C)c1ccc(C(=O)O)c(C)c1)CCCC2. The van der Waals surface area contributed by atoms with E-state index >= 15 is 0 Å². The van der Waals surface area contributed by atoms with E-state index in [1.54, 1.807) is 30.4 Å². The Hall–Kier alpha value is -2.34. The van der Waals surface area contributed by atoms with Crippen molar-refractivity contribution in [2.45, 2.75) is 45.6 Å². The standard InChI is InChI=1S/C20H24N2O3S/c1-11-10-13(8-9-14(11)20(24)25)12(2)22-18(23)17-15-6-4-5-7-16(15)26-19(17)21-3/h8-10,12,21H,4-7H2,1-3H3,(H,22,23)(H,24,25)/t12-/m0/s1. The topological polar surface area (TPSA) is 78.4 Å². The molecule has 0 fully saturated rings. The van der Waals surface area contributed by atoms with Crippen molar-refractivity contribution in [1.29, 1.82) is 0 Å². The summed E-state index contributed by atoms with van der Waals surface area (Å²) in [7, 11) is 1.85. The summed E-state index contributed by atoms with van der Waals surface area (Å²) in [6.45, 7) is 3.70. The van der Waals surface area contributed by atoms with E-state index in [4.69, 9.17) is 5.11 Å². The molecule has 0 spiro atoms. The van der Waals surface area contributed by atoms with Crippen LogP contribution in [0.5, 0.6) is 0 Å². The third kappa shape index (κ3) is 3.46. The molecule has 2 aromatic rings. The van der Waals surface area contributed by atoms with Crippen LogP contribution in [0.4, 0.5) is 5.00 Å². The van der Waals surface area contributed by atoms with Crippen molar-refractivity contribution < 1.29 is 14.7 Å². The normalized spacial score (nSPS) is 14.4. The molecule has 0 saturated heterocycles. The Morgan fingerprint density at radius 2 is 1.96 bits per heavy atom. The first kappa shape index (κ1) is 18.5. The van der Waals surface area contributed by atoms with Crippen LogP contribution in [0.3, 0.4) is 0 Å². The first-order chi connectivity index (χ1) is 12.4. The highest BCUT2D eigenvalue weighted by molar-refractivity contribution is 7.16. The highest BCUT2D eigenvalue weighted by Gasteiger charge is 2.26. The van der Waals surface area contributed by atoms with E-state index < -0.39 is 5.97 Å². The van der Waals surface area contributed by atoms with Crippen molar-refractivity contribution in [3.63, 3.8) is 0 Å². The second-order valence-corrected chi connectivity index (χ2v) is 7.84. The molecule has 1 aliphatic rings. The number of carboxylic acid groups (broad SMARTS) is 1. The van der Waals surface area contributed by atoms with Crippen molar-refractivity contribution in [3.05, 3.63) is 50.9 Å². The summed E-state index contributed by atoms with van der Waals surface area (Å²) < 4.78 is 0. The Bertz CT molecular complexity index is 857. The zero-order valence-electron chi connectivity index (χ0n) is 15.3. The minimum atomic E-state index is -0.936. The number of fused-ring (bicyclic) bond motifs is 1. The molecule has 3 rings (SSSR count). The summed E-state index contributed by atoms with van der Waals surface area (Å²) in [6, 6.07) is 4.99. The van der Waals surface area contributed by atoms with E-state index in [2.05, 4.69) is 10.6 Å². The third-order valence-corrected chi connectivity index (χ3v) is 6.26. The maximum absolute atomic E-state index is 13.0. The minimum absolute atomic E-state index is 0.0683. The van der Waals surface area contributed by atoms with E-state index in [0.29, 0.717) is 5.56 Å². The van der Waals surface area contributed by atoms with Crippen LogP contribution in [0.15, 0.2) is 18.2 Å². The van der Waals surface area contributed by atoms with Crippen LogP contribution in [0.25, 0.3) is 0 Å². The van der Waals surface area contributed by atoms with Gasteiger partial charge in [-0.2, -0.15) is 0 Å². The number of carbonyl (C=O) groups excluding carboxylic acids is 1. The molecule has 5 nitrogen and oxygen atoms in total. The summed E-state index contributed by atoms with van der Waals surface area (Å²) in [6.07, 6.45) is 4.31. The number of aryl methyl sites for hydroxylation is 2. The van der Waals surface area contributed by atoms with Gasteiger partial charge in [-0.15, -0.1) is 11.3 Å². The molecule has 0 bridgehead atoms. The van der Waals surface area contributed by atoms with Gasteiger partial charge in [0, 0.05) is 11.9 Å². The summed E-state index contributed by atoms with van der Waals surface area (Å²) in [5.74, 6) is -1.00. The summed E-state index contributed by atoms with van der Waals surface area (Å²) in [4.78, 5) is 25.4. The number of hydrogen-bond acceptors (Lipinski definition) is 4. The van der Waals surface area contributed by atoms with Gasteiger partial charge < -0.3 is 15.7 Å². The van der Waals surface area contributed by atoms with E-state index in [-0.39, 0.29) is 17.5 Å². The van der Waals surface area contributed by atoms with Gasteiger partial charge in [0.1, 0.15) is 5.00 Å². The van der Waals surface area contributed by atoms with Gasteiger partial charge in [0.25, 0.3) is 5.91 Å². The number of benzene rings is 1. The lowest BCUT2D eigenvalue weighted by atomic mass is 9.95. The lowest BCUT2D eigenvalue weighted by molar-refractivity contribution is 0.0695. The fourth-order valence-electron chi connectivity index (χ4n) is 3.53. The molecule has 6 heteroatoms. The largest absolute Gasteiger partial charge is 0.478 e. The lowest BCUT2D eigenvalue weighted by Gasteiger charge is -2.18. The van der Waals surface area contributed by atoms with Gasteiger partial charge in [0.15, 0.2) is 0 Å². The van der Waals surface area contributed by atoms with Gasteiger partial charge in [-0.1, -0.05) is 12.1 Å². The van der Waals surface area contributed by atoms with Gasteiger partial charge in [-0.25, -0.2) is 4.79 Å². The van der Waals surface area contributed by atoms with Crippen LogP contribution in [-0.4, -0.2) is 24.0 Å². The predicted molar refractivity (Wildman–Crippen MR) is 105 cm³/mol. The highest BCUT2D eigenvalue weighted by atomic mass is 32.1. The molecule has 1 aromatic carbocycles. The van der Waals surface area contributed by atoms with E-state index in [1.165, 1.54) is 16.9 Å². The zero-order valence-corrected chi connectivity index (χ0v) is 16.1. The quantitative estimate of drug-likeness (QED) is 0.736. The maximum atomic E-state index is 13.0. The number of amides is 1. The van der Waals surface area contributed by atoms with Crippen molar-refractivity contribution in [3.8, 4) is 0 Å². The molecule has 3 N–H and O–H groups in total. The Balaban J connectivity index is 1.83. The number of aromatic carboxylic acids is 1. The van der Waals surface area contributed by atoms with Gasteiger partial charge in [-0.05, 0) is 62.3 Å². The Morgan fingerprint density at radius 3 is 2.62 bits per heavy atom. The van der Waals surface area contributed by atoms with Crippen LogP contribution in [-0.2, 0) is 12.8 Å². The Kier molecular flexibility index (Phi) is 5.32. The van der Waals surface area contributed by atoms with Gasteiger partial charge in [0.2, 0.25) is 0 Å². The van der Waals surface area contributed by atoms with Gasteiger partial charge in [0.05, 0.1) is 17.2 Å². The highest BCUT2D eigenvalue weighted by Crippen LogP contribution is 2.38. The number of anilines is 1. The number of nitrogens with one attached hydrogen (secondary N) is 2. The molecular weight excluding hydrogens is 348 g/mol. The third-order valence-electron chi connectivity index (χ3n) is 4.95. The number of hydrogen-bond donors (Lipinski definition) is 3. The maximum Gasteiger partial charge on any atom is 0.335 e. The summed E-state index contributed by atoms with van der Waals surface area (Å²) in [5, 5.41) is 16.3. The molecule has 1 aliphatic carbocycles. The average molecular weight is 372 g/mol. The molecule has 1 aromatic heterocycles. The number of carboxylic acids is 1. The monoisotopic (exact) mass is 372 g/mol. The molecular formula is C20H24N2O3S. The molecule has 1 heterocycles. The molecule has 138 valence electrons. The summed E-state index contributed by atoms with van der Waals surface area (Å²) in [5.41, 5.74) is 3.85. The fraction of sp³-hybridized carbons (Fsp3) is 0.400. The number of rotatable bonds is 5. The van der Waals surface area contributed by atoms with E-state index in [1.807, 2.05) is 20.0 Å². The Labute approximate surface area is 157 Å². The molecule has 0 aliphatic heterocycles. The number of thiophene rings is 1. The van der Waals surface area contributed by atoms with Crippen LogP contribution in [0.1, 0.15) is 68.1 Å². The zero-order chi connectivity index (χ0) is 18.8. The van der Waals surface area contributed by atoms with Crippen molar-refractivity contribution in [2.75, 3.05) is 12.4 Å². The number of carbonyl (C=O) groups is 2. The fourth-order valence-corrected chi connectivity index (χ4v) is 4.77. The van der Waals surface area contributed by atoms with Crippen LogP contribution in [0.2, 0.25) is 0 Å². The van der Waals surface area contributed by atoms with Crippen molar-refractivity contribution in [1.82, 2.24) is 5.32 Å². The molecule has 26 heavy (non-hydrogen) atoms. The predicted octanol–water partition coefficient (Wildman–Crippen LogP) is 4.17. The minimum Gasteiger partial charge on any atom is -0.478 e. The molecule has 1 amide bonds. The van der Waals surface area contributed by atoms with E-state index in [0.717, 1.165) is 35.4 Å². The lowest BCUT2D eigenvalue weighted by Crippen LogP contribution is -2.28. The first-order valence-corrected chi connectivity index (χ1v) is 9.71. The summed E-state index contributed by atoms with van der Waals surface area (Å²) >= 11 is 1.68. The van der Waals surface area contributed by atoms with Crippen LogP contribution < -0.4 is 10.6 Å². The van der Waals surface area contributed by atoms with Crippen molar-refractivity contribution >= 4 is 28.2 Å². The first-order valence-electron chi connectivity index (χ1n) is 8.89. The molecule has 1 atom stereocenters. The van der Waals surface area contributed by atoms with Crippen LogP contribution >= 0.6 is 11.3 Å². The molecule has 0 saturated carbocycles. The van der Waals surface area contributed by atoms with E-state index in [9.17, 15) is 9.59 Å². The van der Waals surface area contributed by atoms with Crippen LogP contribution in [0, 0.1) is 6.92 Å². The average Bonchev–Trinajstić information content (AvgIpc) is 2.99. The van der Waals surface area contributed by atoms with Crippen molar-refractivity contribution in [2.24, 2.45) is 0 Å². The molecule has 0 unspecified atom stereocenters. The second kappa shape index (κ2) is 7.50. The Morgan fingerprint density at radius 1 is 1.23 bits per heavy atom. The molecule has 0 radical (unpaired) electrons.